The van der Waals surface area contributed by atoms with Crippen LogP contribution in [0, 0.1) is 0 Å². The van der Waals surface area contributed by atoms with E-state index in [4.69, 9.17) is 5.11 Å². The van der Waals surface area contributed by atoms with Crippen LogP contribution in [0.5, 0.6) is 0 Å². The van der Waals surface area contributed by atoms with Crippen LogP contribution in [-0.2, 0) is 4.79 Å². The molecule has 13 heavy (non-hydrogen) atoms. The van der Waals surface area contributed by atoms with Gasteiger partial charge in [-0.3, -0.25) is 9.69 Å². The fourth-order valence-corrected chi connectivity index (χ4v) is 1.05. The molecule has 5 heteroatoms. The van der Waals surface area contributed by atoms with Gasteiger partial charge in [0.15, 0.2) is 0 Å². The molecule has 0 aromatic carbocycles. The first-order valence-corrected chi connectivity index (χ1v) is 4.09. The largest absolute Gasteiger partial charge is 0.480 e. The molecule has 0 rings (SSSR count). The van der Waals surface area contributed by atoms with E-state index >= 15 is 0 Å². The first-order chi connectivity index (χ1) is 5.82. The zero-order valence-corrected chi connectivity index (χ0v) is 8.05. The van der Waals surface area contributed by atoms with E-state index in [1.807, 2.05) is 0 Å². The molecule has 0 heterocycles. The Labute approximate surface area is 76.3 Å². The van der Waals surface area contributed by atoms with Crippen molar-refractivity contribution in [2.24, 2.45) is 0 Å². The summed E-state index contributed by atoms with van der Waals surface area (Å²) in [4.78, 5) is 12.0. The van der Waals surface area contributed by atoms with Gasteiger partial charge < -0.3 is 5.11 Å². The van der Waals surface area contributed by atoms with Crippen LogP contribution in [0.1, 0.15) is 20.8 Å². The Morgan fingerprint density at radius 2 is 2.00 bits per heavy atom. The first-order valence-electron chi connectivity index (χ1n) is 4.09. The number of carboxylic acid groups (broad SMARTS) is 1. The van der Waals surface area contributed by atoms with Crippen LogP contribution >= 0.6 is 0 Å². The van der Waals surface area contributed by atoms with Crippen LogP contribution in [0.25, 0.3) is 0 Å². The van der Waals surface area contributed by atoms with E-state index < -0.39 is 24.5 Å². The summed E-state index contributed by atoms with van der Waals surface area (Å²) >= 11 is 0. The summed E-state index contributed by atoms with van der Waals surface area (Å²) in [5, 5.41) is 8.77. The monoisotopic (exact) mass is 195 g/mol. The summed E-state index contributed by atoms with van der Waals surface area (Å²) in [6, 6.07) is 0. The van der Waals surface area contributed by atoms with E-state index in [0.29, 0.717) is 6.54 Å². The average molecular weight is 195 g/mol. The van der Waals surface area contributed by atoms with Crippen molar-refractivity contribution in [2.75, 3.05) is 13.1 Å². The predicted molar refractivity (Wildman–Crippen MR) is 45.0 cm³/mol. The quantitative estimate of drug-likeness (QED) is 0.721. The summed E-state index contributed by atoms with van der Waals surface area (Å²) < 4.78 is 24.1. The molecule has 78 valence electrons. The second-order valence-corrected chi connectivity index (χ2v) is 3.29. The van der Waals surface area contributed by atoms with Crippen molar-refractivity contribution in [3.63, 3.8) is 0 Å². The number of nitrogens with zero attached hydrogens (tertiary/aromatic N) is 1. The molecule has 0 spiro atoms. The van der Waals surface area contributed by atoms with Crippen molar-refractivity contribution in [1.29, 1.82) is 0 Å². The number of carboxylic acids is 1. The van der Waals surface area contributed by atoms with Crippen molar-refractivity contribution in [1.82, 2.24) is 4.90 Å². The van der Waals surface area contributed by atoms with Crippen molar-refractivity contribution < 1.29 is 18.7 Å². The maximum absolute atomic E-state index is 12.0. The van der Waals surface area contributed by atoms with E-state index in [9.17, 15) is 13.6 Å². The first kappa shape index (κ1) is 12.3. The lowest BCUT2D eigenvalue weighted by atomic mass is 10.0. The Morgan fingerprint density at radius 3 is 2.23 bits per heavy atom. The van der Waals surface area contributed by atoms with Gasteiger partial charge in [0.2, 0.25) is 0 Å². The highest BCUT2D eigenvalue weighted by molar-refractivity contribution is 5.77. The number of likely N-dealkylation sites (N-methyl/N-ethyl adjacent to an activating group) is 1. The van der Waals surface area contributed by atoms with Crippen LogP contribution < -0.4 is 0 Å². The van der Waals surface area contributed by atoms with Crippen molar-refractivity contribution in [2.45, 2.75) is 32.7 Å². The van der Waals surface area contributed by atoms with E-state index in [-0.39, 0.29) is 0 Å². The standard InChI is InChI=1S/C8H15F2NO2/c1-4-11(5-6(9)10)8(2,3)7(12)13/h6H,4-5H2,1-3H3,(H,12,13). The smallest absolute Gasteiger partial charge is 0.323 e. The Bertz CT molecular complexity index is 183. The summed E-state index contributed by atoms with van der Waals surface area (Å²) in [5.74, 6) is -1.09. The van der Waals surface area contributed by atoms with E-state index in [1.165, 1.54) is 18.7 Å². The molecule has 0 saturated heterocycles. The minimum absolute atomic E-state index is 0.295. The van der Waals surface area contributed by atoms with Gasteiger partial charge in [-0.2, -0.15) is 0 Å². The van der Waals surface area contributed by atoms with Gasteiger partial charge in [0.05, 0.1) is 6.54 Å². The molecule has 0 saturated carbocycles. The van der Waals surface area contributed by atoms with Crippen LogP contribution in [0.2, 0.25) is 0 Å². The van der Waals surface area contributed by atoms with E-state index in [1.54, 1.807) is 6.92 Å². The summed E-state index contributed by atoms with van der Waals surface area (Å²) in [7, 11) is 0. The highest BCUT2D eigenvalue weighted by Gasteiger charge is 2.34. The van der Waals surface area contributed by atoms with Gasteiger partial charge in [0.1, 0.15) is 5.54 Å². The maximum atomic E-state index is 12.0. The van der Waals surface area contributed by atoms with Gasteiger partial charge in [-0.05, 0) is 20.4 Å². The van der Waals surface area contributed by atoms with Gasteiger partial charge in [-0.1, -0.05) is 6.92 Å². The van der Waals surface area contributed by atoms with E-state index in [0.717, 1.165) is 0 Å². The summed E-state index contributed by atoms with van der Waals surface area (Å²) in [6.07, 6.45) is -2.50. The minimum Gasteiger partial charge on any atom is -0.480 e. The molecule has 1 N–H and O–H groups in total. The molecule has 0 bridgehead atoms. The Balaban J connectivity index is 4.46. The SMILES string of the molecule is CCN(CC(F)F)C(C)(C)C(=O)O. The van der Waals surface area contributed by atoms with Crippen molar-refractivity contribution in [3.05, 3.63) is 0 Å². The third kappa shape index (κ3) is 3.26. The average Bonchev–Trinajstić information content (AvgIpc) is 1.99. The zero-order valence-electron chi connectivity index (χ0n) is 8.05. The number of hydrogen-bond acceptors (Lipinski definition) is 2. The van der Waals surface area contributed by atoms with Crippen LogP contribution in [-0.4, -0.2) is 41.0 Å². The lowest BCUT2D eigenvalue weighted by Crippen LogP contribution is -2.51. The van der Waals surface area contributed by atoms with Crippen LogP contribution in [0.15, 0.2) is 0 Å². The highest BCUT2D eigenvalue weighted by Crippen LogP contribution is 2.15. The molecule has 0 aromatic rings. The number of carbonyl (C=O) groups is 1. The fourth-order valence-electron chi connectivity index (χ4n) is 1.05. The van der Waals surface area contributed by atoms with Gasteiger partial charge in [0.25, 0.3) is 6.43 Å². The molecule has 0 unspecified atom stereocenters. The van der Waals surface area contributed by atoms with Gasteiger partial charge in [0, 0.05) is 0 Å². The Morgan fingerprint density at radius 1 is 1.54 bits per heavy atom. The topological polar surface area (TPSA) is 40.5 Å². The lowest BCUT2D eigenvalue weighted by Gasteiger charge is -2.33. The van der Waals surface area contributed by atoms with Gasteiger partial charge >= 0.3 is 5.97 Å². The van der Waals surface area contributed by atoms with Crippen LogP contribution in [0.4, 0.5) is 8.78 Å². The number of aliphatic carboxylic acids is 1. The highest BCUT2D eigenvalue weighted by atomic mass is 19.3. The predicted octanol–water partition coefficient (Wildman–Crippen LogP) is 1.44. The Kier molecular flexibility index (Phi) is 4.26. The normalized spacial score (nSPS) is 12.5. The molecule has 0 radical (unpaired) electrons. The molecular formula is C8H15F2NO2. The number of rotatable bonds is 5. The van der Waals surface area contributed by atoms with Crippen molar-refractivity contribution in [3.8, 4) is 0 Å². The van der Waals surface area contributed by atoms with E-state index in [2.05, 4.69) is 0 Å². The molecule has 3 nitrogen and oxygen atoms in total. The second kappa shape index (κ2) is 4.50. The summed E-state index contributed by atoms with van der Waals surface area (Å²) in [5.41, 5.74) is -1.23. The number of alkyl halides is 2. The lowest BCUT2D eigenvalue weighted by molar-refractivity contribution is -0.150. The molecule has 0 amide bonds. The number of hydrogen-bond donors (Lipinski definition) is 1. The number of halogens is 2. The molecule has 0 fully saturated rings. The molecule has 0 aromatic heterocycles. The molecule has 0 aliphatic carbocycles. The Hall–Kier alpha value is -0.710. The molecule has 0 atom stereocenters. The van der Waals surface area contributed by atoms with Crippen LogP contribution in [0.3, 0.4) is 0 Å². The maximum Gasteiger partial charge on any atom is 0.323 e. The molecule has 0 aliphatic rings. The summed E-state index contributed by atoms with van der Waals surface area (Å²) in [6.45, 7) is 4.29. The minimum atomic E-state index is -2.50. The third-order valence-electron chi connectivity index (χ3n) is 2.05. The van der Waals surface area contributed by atoms with Crippen molar-refractivity contribution >= 4 is 5.97 Å². The van der Waals surface area contributed by atoms with Gasteiger partial charge in [-0.15, -0.1) is 0 Å². The molecular weight excluding hydrogens is 180 g/mol. The fraction of sp³-hybridized carbons (Fsp3) is 0.875. The van der Waals surface area contributed by atoms with Gasteiger partial charge in [-0.25, -0.2) is 8.78 Å². The third-order valence-corrected chi connectivity index (χ3v) is 2.05. The zero-order chi connectivity index (χ0) is 10.6. The second-order valence-electron chi connectivity index (χ2n) is 3.29. The molecule has 0 aliphatic heterocycles.